The van der Waals surface area contributed by atoms with Crippen LogP contribution in [0.2, 0.25) is 0 Å². The van der Waals surface area contributed by atoms with E-state index in [4.69, 9.17) is 14.6 Å². The molecule has 2 aromatic rings. The zero-order valence-electron chi connectivity index (χ0n) is 10.9. The lowest BCUT2D eigenvalue weighted by Gasteiger charge is -2.09. The molecule has 0 bridgehead atoms. The summed E-state index contributed by atoms with van der Waals surface area (Å²) < 4.78 is 24.5. The summed E-state index contributed by atoms with van der Waals surface area (Å²) in [5.41, 5.74) is 0.155. The monoisotopic (exact) mass is 354 g/mol. The number of hydrogen-bond acceptors (Lipinski definition) is 3. The van der Waals surface area contributed by atoms with Crippen LogP contribution >= 0.6 is 15.9 Å². The van der Waals surface area contributed by atoms with Crippen LogP contribution < -0.4 is 9.47 Å². The predicted molar refractivity (Wildman–Crippen MR) is 78.5 cm³/mol. The van der Waals surface area contributed by atoms with Crippen molar-refractivity contribution in [3.8, 4) is 11.5 Å². The molecule has 1 N–H and O–H groups in total. The van der Waals surface area contributed by atoms with Crippen LogP contribution in [0, 0.1) is 5.82 Å². The number of rotatable bonds is 6. The number of carbonyl (C=O) groups is 1. The molecule has 6 heteroatoms. The van der Waals surface area contributed by atoms with E-state index in [1.165, 1.54) is 24.3 Å². The first-order chi connectivity index (χ1) is 10.0. The van der Waals surface area contributed by atoms with Gasteiger partial charge in [0.25, 0.3) is 0 Å². The van der Waals surface area contributed by atoms with Crippen LogP contribution in [-0.2, 0) is 0 Å². The van der Waals surface area contributed by atoms with E-state index in [1.807, 2.05) is 0 Å². The lowest BCUT2D eigenvalue weighted by Crippen LogP contribution is -2.09. The van der Waals surface area contributed by atoms with E-state index in [1.54, 1.807) is 18.2 Å². The summed E-state index contributed by atoms with van der Waals surface area (Å²) in [5.74, 6) is -0.570. The van der Waals surface area contributed by atoms with Crippen LogP contribution in [0.3, 0.4) is 0 Å². The molecule has 0 radical (unpaired) electrons. The Kier molecular flexibility index (Phi) is 5.16. The first kappa shape index (κ1) is 15.3. The van der Waals surface area contributed by atoms with Crippen molar-refractivity contribution in [3.63, 3.8) is 0 Å². The largest absolute Gasteiger partial charge is 0.490 e. The molecule has 110 valence electrons. The first-order valence-electron chi connectivity index (χ1n) is 6.09. The maximum atomic E-state index is 13.1. The fraction of sp³-hybridized carbons (Fsp3) is 0.133. The van der Waals surface area contributed by atoms with Gasteiger partial charge in [-0.15, -0.1) is 0 Å². The third kappa shape index (κ3) is 4.75. The van der Waals surface area contributed by atoms with Gasteiger partial charge >= 0.3 is 5.97 Å². The minimum absolute atomic E-state index is 0.155. The highest BCUT2D eigenvalue weighted by atomic mass is 79.9. The zero-order chi connectivity index (χ0) is 15.2. The molecule has 0 heterocycles. The summed E-state index contributed by atoms with van der Waals surface area (Å²) in [5, 5.41) is 8.86. The van der Waals surface area contributed by atoms with E-state index < -0.39 is 11.8 Å². The number of halogens is 2. The first-order valence-corrected chi connectivity index (χ1v) is 6.89. The molecule has 0 aliphatic carbocycles. The molecule has 2 rings (SSSR count). The third-order valence-electron chi connectivity index (χ3n) is 2.54. The Bertz CT molecular complexity index is 625. The van der Waals surface area contributed by atoms with Crippen molar-refractivity contribution in [2.75, 3.05) is 13.2 Å². The number of ether oxygens (including phenoxy) is 2. The molecule has 4 nitrogen and oxygen atoms in total. The van der Waals surface area contributed by atoms with Crippen molar-refractivity contribution in [3.05, 3.63) is 58.3 Å². The highest BCUT2D eigenvalue weighted by Gasteiger charge is 2.04. The second-order valence-corrected chi connectivity index (χ2v) is 5.05. The Morgan fingerprint density at radius 2 is 1.81 bits per heavy atom. The topological polar surface area (TPSA) is 55.8 Å². The van der Waals surface area contributed by atoms with Crippen molar-refractivity contribution in [2.24, 2.45) is 0 Å². The van der Waals surface area contributed by atoms with Gasteiger partial charge in [-0.1, -0.05) is 22.0 Å². The fourth-order valence-electron chi connectivity index (χ4n) is 1.65. The van der Waals surface area contributed by atoms with E-state index in [9.17, 15) is 9.18 Å². The lowest BCUT2D eigenvalue weighted by molar-refractivity contribution is 0.0696. The SMILES string of the molecule is O=C(O)c1cccc(OCCOc2cc(F)cc(Br)c2)c1. The van der Waals surface area contributed by atoms with Gasteiger partial charge in [0.15, 0.2) is 0 Å². The second-order valence-electron chi connectivity index (χ2n) is 4.14. The molecule has 0 aromatic heterocycles. The lowest BCUT2D eigenvalue weighted by atomic mass is 10.2. The Morgan fingerprint density at radius 3 is 2.48 bits per heavy atom. The van der Waals surface area contributed by atoms with Crippen LogP contribution in [0.25, 0.3) is 0 Å². The van der Waals surface area contributed by atoms with Gasteiger partial charge in [-0.25, -0.2) is 9.18 Å². The number of benzene rings is 2. The summed E-state index contributed by atoms with van der Waals surface area (Å²) in [7, 11) is 0. The smallest absolute Gasteiger partial charge is 0.335 e. The number of hydrogen-bond donors (Lipinski definition) is 1. The van der Waals surface area contributed by atoms with Crippen molar-refractivity contribution in [1.82, 2.24) is 0 Å². The van der Waals surface area contributed by atoms with Gasteiger partial charge in [0.05, 0.1) is 5.56 Å². The average molecular weight is 355 g/mol. The normalized spacial score (nSPS) is 10.2. The van der Waals surface area contributed by atoms with Crippen molar-refractivity contribution >= 4 is 21.9 Å². The van der Waals surface area contributed by atoms with E-state index in [-0.39, 0.29) is 18.8 Å². The minimum atomic E-state index is -1.01. The van der Waals surface area contributed by atoms with Gasteiger partial charge in [-0.3, -0.25) is 0 Å². The van der Waals surface area contributed by atoms with Gasteiger partial charge in [0, 0.05) is 10.5 Å². The molecule has 0 unspecified atom stereocenters. The highest BCUT2D eigenvalue weighted by molar-refractivity contribution is 9.10. The molecule has 0 aliphatic rings. The van der Waals surface area contributed by atoms with Gasteiger partial charge in [-0.05, 0) is 30.3 Å². The van der Waals surface area contributed by atoms with E-state index in [0.717, 1.165) is 0 Å². The standard InChI is InChI=1S/C15H12BrFO4/c16-11-7-12(17)9-14(8-11)21-5-4-20-13-3-1-2-10(6-13)15(18)19/h1-3,6-9H,4-5H2,(H,18,19). The quantitative estimate of drug-likeness (QED) is 0.802. The van der Waals surface area contributed by atoms with E-state index >= 15 is 0 Å². The molecule has 0 aliphatic heterocycles. The molecular weight excluding hydrogens is 343 g/mol. The van der Waals surface area contributed by atoms with Crippen molar-refractivity contribution in [1.29, 1.82) is 0 Å². The van der Waals surface area contributed by atoms with Gasteiger partial charge in [-0.2, -0.15) is 0 Å². The Morgan fingerprint density at radius 1 is 1.10 bits per heavy atom. The maximum Gasteiger partial charge on any atom is 0.335 e. The minimum Gasteiger partial charge on any atom is -0.490 e. The van der Waals surface area contributed by atoms with Gasteiger partial charge in [0.1, 0.15) is 30.5 Å². The Balaban J connectivity index is 1.84. The molecular formula is C15H12BrFO4. The van der Waals surface area contributed by atoms with E-state index in [0.29, 0.717) is 16.0 Å². The molecule has 0 spiro atoms. The van der Waals surface area contributed by atoms with Crippen LogP contribution in [0.4, 0.5) is 4.39 Å². The van der Waals surface area contributed by atoms with Crippen molar-refractivity contribution in [2.45, 2.75) is 0 Å². The average Bonchev–Trinajstić information content (AvgIpc) is 2.43. The predicted octanol–water partition coefficient (Wildman–Crippen LogP) is 3.74. The molecule has 21 heavy (non-hydrogen) atoms. The summed E-state index contributed by atoms with van der Waals surface area (Å²) >= 11 is 3.17. The molecule has 0 saturated heterocycles. The fourth-order valence-corrected chi connectivity index (χ4v) is 2.09. The summed E-state index contributed by atoms with van der Waals surface area (Å²) in [6.45, 7) is 0.435. The Labute approximate surface area is 129 Å². The van der Waals surface area contributed by atoms with E-state index in [2.05, 4.69) is 15.9 Å². The molecule has 0 fully saturated rings. The highest BCUT2D eigenvalue weighted by Crippen LogP contribution is 2.20. The van der Waals surface area contributed by atoms with Crippen LogP contribution in [0.15, 0.2) is 46.9 Å². The summed E-state index contributed by atoms with van der Waals surface area (Å²) in [6.07, 6.45) is 0. The summed E-state index contributed by atoms with van der Waals surface area (Å²) in [4.78, 5) is 10.8. The number of carboxylic acid groups (broad SMARTS) is 1. The zero-order valence-corrected chi connectivity index (χ0v) is 12.5. The van der Waals surface area contributed by atoms with Gasteiger partial charge < -0.3 is 14.6 Å². The molecule has 0 amide bonds. The number of aromatic carboxylic acids is 1. The number of carboxylic acids is 1. The summed E-state index contributed by atoms with van der Waals surface area (Å²) in [6, 6.07) is 10.4. The Hall–Kier alpha value is -2.08. The van der Waals surface area contributed by atoms with Crippen LogP contribution in [-0.4, -0.2) is 24.3 Å². The van der Waals surface area contributed by atoms with Crippen LogP contribution in [0.1, 0.15) is 10.4 Å². The van der Waals surface area contributed by atoms with Crippen LogP contribution in [0.5, 0.6) is 11.5 Å². The third-order valence-corrected chi connectivity index (χ3v) is 3.00. The van der Waals surface area contributed by atoms with Gasteiger partial charge in [0.2, 0.25) is 0 Å². The van der Waals surface area contributed by atoms with Crippen molar-refractivity contribution < 1.29 is 23.8 Å². The molecule has 0 saturated carbocycles. The maximum absolute atomic E-state index is 13.1. The second kappa shape index (κ2) is 7.08. The molecule has 0 atom stereocenters. The molecule has 2 aromatic carbocycles.